The molecular weight excluding hydrogens is 401 g/mol. The van der Waals surface area contributed by atoms with Gasteiger partial charge >= 0.3 is 5.97 Å². The number of hydrogen-bond donors (Lipinski definition) is 0. The molecule has 1 atom stereocenters. The molecule has 8 heteroatoms. The second kappa shape index (κ2) is 7.40. The molecule has 2 aromatic rings. The van der Waals surface area contributed by atoms with E-state index in [2.05, 4.69) is 0 Å². The number of carbonyl (C=O) groups is 2. The van der Waals surface area contributed by atoms with E-state index >= 15 is 0 Å². The van der Waals surface area contributed by atoms with Gasteiger partial charge in [-0.1, -0.05) is 11.6 Å². The second-order valence-corrected chi connectivity index (χ2v) is 7.04. The Morgan fingerprint density at radius 3 is 2.62 bits per heavy atom. The van der Waals surface area contributed by atoms with Crippen molar-refractivity contribution in [1.82, 2.24) is 0 Å². The summed E-state index contributed by atoms with van der Waals surface area (Å²) in [5, 5.41) is -0.112. The first-order valence-electron chi connectivity index (χ1n) is 8.84. The Hall–Kier alpha value is -3.06. The number of cyclic esters (lactones) is 1. The summed E-state index contributed by atoms with van der Waals surface area (Å²) in [4.78, 5) is 27.0. The minimum Gasteiger partial charge on any atom is -0.497 e. The molecule has 1 amide bonds. The zero-order chi connectivity index (χ0) is 20.7. The van der Waals surface area contributed by atoms with E-state index in [-0.39, 0.29) is 24.0 Å². The number of benzene rings is 2. The Bertz CT molecular complexity index is 1050. The average Bonchev–Trinajstić information content (AvgIpc) is 3.10. The van der Waals surface area contributed by atoms with Crippen molar-refractivity contribution >= 4 is 29.2 Å². The van der Waals surface area contributed by atoms with Gasteiger partial charge in [-0.25, -0.2) is 9.18 Å². The van der Waals surface area contributed by atoms with Crippen LogP contribution in [-0.2, 0) is 14.3 Å². The van der Waals surface area contributed by atoms with Crippen LogP contribution in [0.5, 0.6) is 11.5 Å². The fraction of sp³-hybridized carbons (Fsp3) is 0.238. The Labute approximate surface area is 171 Å². The fourth-order valence-electron chi connectivity index (χ4n) is 3.76. The first kappa shape index (κ1) is 19.3. The predicted octanol–water partition coefficient (Wildman–Crippen LogP) is 3.83. The molecule has 0 bridgehead atoms. The number of halogens is 2. The summed E-state index contributed by atoms with van der Waals surface area (Å²) in [7, 11) is 3.05. The average molecular weight is 418 g/mol. The number of hydrogen-bond acceptors (Lipinski definition) is 5. The van der Waals surface area contributed by atoms with E-state index in [9.17, 15) is 14.0 Å². The topological polar surface area (TPSA) is 65.1 Å². The van der Waals surface area contributed by atoms with Gasteiger partial charge in [0.2, 0.25) is 5.91 Å². The molecule has 0 saturated heterocycles. The van der Waals surface area contributed by atoms with Crippen molar-refractivity contribution < 1.29 is 28.2 Å². The Balaban J connectivity index is 1.86. The number of rotatable bonds is 4. The van der Waals surface area contributed by atoms with Crippen LogP contribution in [0.3, 0.4) is 0 Å². The molecule has 1 unspecified atom stereocenters. The van der Waals surface area contributed by atoms with Crippen molar-refractivity contribution in [1.29, 1.82) is 0 Å². The fourth-order valence-corrected chi connectivity index (χ4v) is 3.93. The van der Waals surface area contributed by atoms with Crippen LogP contribution in [-0.4, -0.2) is 32.7 Å². The monoisotopic (exact) mass is 417 g/mol. The van der Waals surface area contributed by atoms with Gasteiger partial charge in [0.25, 0.3) is 0 Å². The third-order valence-corrected chi connectivity index (χ3v) is 5.38. The summed E-state index contributed by atoms with van der Waals surface area (Å²) in [5.74, 6) is -0.792. The lowest BCUT2D eigenvalue weighted by atomic mass is 9.83. The highest BCUT2D eigenvalue weighted by atomic mass is 35.5. The van der Waals surface area contributed by atoms with Crippen LogP contribution in [0, 0.1) is 5.82 Å². The molecule has 0 radical (unpaired) electrons. The number of carbonyl (C=O) groups excluding carboxylic acids is 2. The number of esters is 1. The number of amides is 1. The molecule has 0 fully saturated rings. The van der Waals surface area contributed by atoms with Crippen molar-refractivity contribution in [2.75, 3.05) is 25.7 Å². The van der Waals surface area contributed by atoms with E-state index in [1.165, 1.54) is 37.3 Å². The van der Waals surface area contributed by atoms with E-state index in [0.717, 1.165) is 0 Å². The molecule has 0 aromatic heterocycles. The molecule has 6 nitrogen and oxygen atoms in total. The van der Waals surface area contributed by atoms with Crippen LogP contribution in [0.1, 0.15) is 17.9 Å². The Kier molecular flexibility index (Phi) is 4.92. The summed E-state index contributed by atoms with van der Waals surface area (Å²) < 4.78 is 29.6. The van der Waals surface area contributed by atoms with Gasteiger partial charge in [-0.2, -0.15) is 0 Å². The lowest BCUT2D eigenvalue weighted by Gasteiger charge is -2.32. The standard InChI is InChI=1S/C21H17ClFNO5/c1-27-12-4-6-18(28-2)13(8-12)14-9-19(25)24(17-10-29-21(26)20(14)17)11-3-5-16(23)15(22)7-11/h3-8,14H,9-10H2,1-2H3. The van der Waals surface area contributed by atoms with Gasteiger partial charge in [0.1, 0.15) is 23.9 Å². The quantitative estimate of drug-likeness (QED) is 0.707. The zero-order valence-corrected chi connectivity index (χ0v) is 16.5. The van der Waals surface area contributed by atoms with E-state index < -0.39 is 17.7 Å². The van der Waals surface area contributed by atoms with Gasteiger partial charge in [-0.05, 0) is 36.4 Å². The van der Waals surface area contributed by atoms with Crippen LogP contribution < -0.4 is 14.4 Å². The highest BCUT2D eigenvalue weighted by molar-refractivity contribution is 6.31. The van der Waals surface area contributed by atoms with Crippen molar-refractivity contribution in [3.05, 3.63) is 64.1 Å². The highest BCUT2D eigenvalue weighted by Gasteiger charge is 2.44. The van der Waals surface area contributed by atoms with E-state index in [1.54, 1.807) is 18.2 Å². The van der Waals surface area contributed by atoms with Gasteiger partial charge in [-0.15, -0.1) is 0 Å². The highest BCUT2D eigenvalue weighted by Crippen LogP contribution is 2.45. The van der Waals surface area contributed by atoms with Crippen LogP contribution in [0.4, 0.5) is 10.1 Å². The summed E-state index contributed by atoms with van der Waals surface area (Å²) in [6.07, 6.45) is 0.00641. The van der Waals surface area contributed by atoms with Crippen LogP contribution >= 0.6 is 11.6 Å². The smallest absolute Gasteiger partial charge is 0.336 e. The van der Waals surface area contributed by atoms with Crippen molar-refractivity contribution in [2.24, 2.45) is 0 Å². The molecule has 0 spiro atoms. The molecule has 2 heterocycles. The van der Waals surface area contributed by atoms with Gasteiger partial charge < -0.3 is 14.2 Å². The van der Waals surface area contributed by atoms with Gasteiger partial charge in [0.05, 0.1) is 36.2 Å². The van der Waals surface area contributed by atoms with Crippen molar-refractivity contribution in [3.63, 3.8) is 0 Å². The summed E-state index contributed by atoms with van der Waals surface area (Å²) >= 11 is 5.89. The maximum Gasteiger partial charge on any atom is 0.336 e. The molecule has 0 saturated carbocycles. The van der Waals surface area contributed by atoms with Crippen molar-refractivity contribution in [2.45, 2.75) is 12.3 Å². The maximum absolute atomic E-state index is 13.6. The minimum atomic E-state index is -0.591. The number of ether oxygens (including phenoxy) is 3. The predicted molar refractivity (Wildman–Crippen MR) is 104 cm³/mol. The van der Waals surface area contributed by atoms with Crippen molar-refractivity contribution in [3.8, 4) is 11.5 Å². The molecule has 0 aliphatic carbocycles. The molecule has 2 aromatic carbocycles. The first-order valence-corrected chi connectivity index (χ1v) is 9.22. The minimum absolute atomic E-state index is 0.00641. The summed E-state index contributed by atoms with van der Waals surface area (Å²) in [6.45, 7) is -0.0579. The van der Waals surface area contributed by atoms with Crippen LogP contribution in [0.2, 0.25) is 5.02 Å². The van der Waals surface area contributed by atoms with Gasteiger partial charge in [-0.3, -0.25) is 9.69 Å². The van der Waals surface area contributed by atoms with Crippen LogP contribution in [0.25, 0.3) is 0 Å². The third kappa shape index (κ3) is 3.21. The second-order valence-electron chi connectivity index (χ2n) is 6.63. The number of methoxy groups -OCH3 is 2. The molecule has 29 heavy (non-hydrogen) atoms. The number of anilines is 1. The maximum atomic E-state index is 13.6. The molecule has 0 N–H and O–H groups in total. The third-order valence-electron chi connectivity index (χ3n) is 5.09. The molecule has 2 aliphatic heterocycles. The molecule has 150 valence electrons. The summed E-state index contributed by atoms with van der Waals surface area (Å²) in [5.41, 5.74) is 1.83. The first-order chi connectivity index (χ1) is 13.9. The molecule has 4 rings (SSSR count). The molecular formula is C21H17ClFNO5. The Morgan fingerprint density at radius 2 is 1.93 bits per heavy atom. The lowest BCUT2D eigenvalue weighted by Crippen LogP contribution is -2.37. The Morgan fingerprint density at radius 1 is 1.14 bits per heavy atom. The molecule has 2 aliphatic rings. The number of nitrogens with zero attached hydrogens (tertiary/aromatic N) is 1. The lowest BCUT2D eigenvalue weighted by molar-refractivity contribution is -0.136. The van der Waals surface area contributed by atoms with E-state index in [4.69, 9.17) is 25.8 Å². The van der Waals surface area contributed by atoms with Gasteiger partial charge in [0, 0.05) is 17.9 Å². The largest absolute Gasteiger partial charge is 0.497 e. The van der Waals surface area contributed by atoms with E-state index in [1.807, 2.05) is 0 Å². The van der Waals surface area contributed by atoms with E-state index in [0.29, 0.717) is 34.0 Å². The summed E-state index contributed by atoms with van der Waals surface area (Å²) in [6, 6.07) is 9.19. The normalized spacial score (nSPS) is 18.6. The SMILES string of the molecule is COc1ccc(OC)c(C2CC(=O)N(c3ccc(F)c(Cl)c3)C3=C2C(=O)OC3)c1. The zero-order valence-electron chi connectivity index (χ0n) is 15.7. The van der Waals surface area contributed by atoms with Gasteiger partial charge in [0.15, 0.2) is 0 Å². The van der Waals surface area contributed by atoms with Crippen LogP contribution in [0.15, 0.2) is 47.7 Å².